The van der Waals surface area contributed by atoms with Crippen LogP contribution in [0.5, 0.6) is 0 Å². The Kier molecular flexibility index (Phi) is 121. The van der Waals surface area contributed by atoms with Gasteiger partial charge in [-0.15, -0.1) is 0 Å². The molecular weight excluding hydrogens is 548 g/mol. The number of hydrogen-bond acceptors (Lipinski definition) is 0. The normalized spacial score (nSPS) is 0. The van der Waals surface area contributed by atoms with Crippen molar-refractivity contribution in [1.29, 1.82) is 0 Å². The Balaban J connectivity index is 0. The molecule has 0 aliphatic rings. The fourth-order valence-corrected chi connectivity index (χ4v) is 0. The van der Waals surface area contributed by atoms with Crippen molar-refractivity contribution in [2.45, 2.75) is 0 Å². The molecule has 36 valence electrons. The molecule has 0 atom stereocenters. The summed E-state index contributed by atoms with van der Waals surface area (Å²) in [5.41, 5.74) is 0. The molecule has 0 saturated carbocycles. The molecule has 0 N–H and O–H groups in total. The van der Waals surface area contributed by atoms with Crippen molar-refractivity contribution in [2.75, 3.05) is 0 Å². The van der Waals surface area contributed by atoms with Gasteiger partial charge in [-0.25, -0.2) is 0 Å². The van der Waals surface area contributed by atoms with Gasteiger partial charge in [-0.1, -0.05) is 0 Å². The Morgan fingerprint density at radius 3 is 1.00 bits per heavy atom. The van der Waals surface area contributed by atoms with E-state index in [9.17, 15) is 0 Å². The minimum absolute atomic E-state index is 0. The van der Waals surface area contributed by atoms with Gasteiger partial charge >= 0.3 is 0 Å². The van der Waals surface area contributed by atoms with Gasteiger partial charge in [-0.3, -0.25) is 0 Å². The standard InChI is InChI=1S/Ag.Au.Pt.Ti. The fraction of sp³-hybridized carbons (Fsp3) is 0. The maximum atomic E-state index is 0. The molecule has 0 spiro atoms. The van der Waals surface area contributed by atoms with E-state index in [-0.39, 0.29) is 87.5 Å². The molecule has 0 heterocycles. The van der Waals surface area contributed by atoms with Gasteiger partial charge in [-0.05, 0) is 0 Å². The van der Waals surface area contributed by atoms with Crippen LogP contribution in [0, 0.1) is 0 Å². The molecule has 0 amide bonds. The van der Waals surface area contributed by atoms with Gasteiger partial charge in [0.15, 0.2) is 0 Å². The summed E-state index contributed by atoms with van der Waals surface area (Å²) in [6.07, 6.45) is 0. The first-order valence-corrected chi connectivity index (χ1v) is 0. The van der Waals surface area contributed by atoms with E-state index in [1.54, 1.807) is 0 Å². The molecule has 0 nitrogen and oxygen atoms in total. The van der Waals surface area contributed by atoms with E-state index in [4.69, 9.17) is 0 Å². The van der Waals surface area contributed by atoms with Gasteiger partial charge in [0.05, 0.1) is 0 Å². The van der Waals surface area contributed by atoms with Crippen molar-refractivity contribution in [3.63, 3.8) is 0 Å². The summed E-state index contributed by atoms with van der Waals surface area (Å²) < 4.78 is 0. The SMILES string of the molecule is [Ag].[Au].[Pt].[Ti]. The van der Waals surface area contributed by atoms with Gasteiger partial charge in [0, 0.05) is 87.5 Å². The van der Waals surface area contributed by atoms with E-state index in [0.717, 1.165) is 0 Å². The zero-order chi connectivity index (χ0) is 0. The van der Waals surface area contributed by atoms with Crippen molar-refractivity contribution in [3.8, 4) is 0 Å². The minimum Gasteiger partial charge on any atom is 0 e. The molecule has 0 aromatic heterocycles. The molecule has 2 radical (unpaired) electrons. The minimum atomic E-state index is 0. The van der Waals surface area contributed by atoms with Crippen LogP contribution in [0.2, 0.25) is 0 Å². The van der Waals surface area contributed by atoms with Crippen LogP contribution in [0.15, 0.2) is 0 Å². The zero-order valence-corrected chi connectivity index (χ0v) is 8.90. The second-order valence-electron chi connectivity index (χ2n) is 0. The molecular formula is AgAuPtTi. The third-order valence-corrected chi connectivity index (χ3v) is 0. The van der Waals surface area contributed by atoms with Gasteiger partial charge in [-0.2, -0.15) is 0 Å². The van der Waals surface area contributed by atoms with Crippen molar-refractivity contribution < 1.29 is 87.5 Å². The second kappa shape index (κ2) is 16.9. The maximum Gasteiger partial charge on any atom is 0 e. The average molecular weight is 548 g/mol. The Labute approximate surface area is 86.0 Å². The van der Waals surface area contributed by atoms with Crippen LogP contribution in [-0.2, 0) is 87.5 Å². The molecule has 0 fully saturated rings. The van der Waals surface area contributed by atoms with Crippen molar-refractivity contribution in [3.05, 3.63) is 0 Å². The molecule has 0 aromatic rings. The molecule has 4 heavy (non-hydrogen) atoms. The molecule has 4 heteroatoms. The summed E-state index contributed by atoms with van der Waals surface area (Å²) in [6.45, 7) is 0. The Morgan fingerprint density at radius 1 is 1.00 bits per heavy atom. The molecule has 0 saturated heterocycles. The maximum absolute atomic E-state index is 0. The van der Waals surface area contributed by atoms with E-state index < -0.39 is 0 Å². The molecule has 0 unspecified atom stereocenters. The van der Waals surface area contributed by atoms with Crippen LogP contribution in [-0.4, -0.2) is 0 Å². The number of rotatable bonds is 0. The fourth-order valence-electron chi connectivity index (χ4n) is 0. The zero-order valence-electron chi connectivity index (χ0n) is 1.42. The number of hydrogen-bond donors (Lipinski definition) is 0. The van der Waals surface area contributed by atoms with Crippen LogP contribution < -0.4 is 0 Å². The molecule has 0 aromatic carbocycles. The Morgan fingerprint density at radius 2 is 1.00 bits per heavy atom. The van der Waals surface area contributed by atoms with Crippen LogP contribution in [0.25, 0.3) is 0 Å². The van der Waals surface area contributed by atoms with Crippen LogP contribution in [0.4, 0.5) is 0 Å². The van der Waals surface area contributed by atoms with E-state index in [1.807, 2.05) is 0 Å². The summed E-state index contributed by atoms with van der Waals surface area (Å²) in [5.74, 6) is 0. The molecule has 0 rings (SSSR count). The third-order valence-electron chi connectivity index (χ3n) is 0. The Hall–Kier alpha value is 2.88. The van der Waals surface area contributed by atoms with E-state index in [2.05, 4.69) is 0 Å². The van der Waals surface area contributed by atoms with E-state index in [0.29, 0.717) is 0 Å². The average Bonchev–Trinajstić information content (AvgIpc) is 0. The predicted octanol–water partition coefficient (Wildman–Crippen LogP) is -0.0100. The van der Waals surface area contributed by atoms with Crippen molar-refractivity contribution in [2.24, 2.45) is 0 Å². The van der Waals surface area contributed by atoms with E-state index >= 15 is 0 Å². The van der Waals surface area contributed by atoms with Crippen molar-refractivity contribution >= 4 is 0 Å². The van der Waals surface area contributed by atoms with Gasteiger partial charge in [0.25, 0.3) is 0 Å². The summed E-state index contributed by atoms with van der Waals surface area (Å²) >= 11 is 0. The first-order chi connectivity index (χ1) is 0. The third kappa shape index (κ3) is 8.86. The molecule has 0 bridgehead atoms. The molecule has 0 aliphatic heterocycles. The quantitative estimate of drug-likeness (QED) is 0.375. The topological polar surface area (TPSA) is 0 Å². The smallest absolute Gasteiger partial charge is 0 e. The summed E-state index contributed by atoms with van der Waals surface area (Å²) in [4.78, 5) is 0. The molecule has 0 aliphatic carbocycles. The monoisotopic (exact) mass is 547 g/mol. The van der Waals surface area contributed by atoms with Gasteiger partial charge in [0.2, 0.25) is 0 Å². The Bertz CT molecular complexity index is 8.00. The first-order valence-electron chi connectivity index (χ1n) is 0. The van der Waals surface area contributed by atoms with Crippen LogP contribution in [0.3, 0.4) is 0 Å². The second-order valence-corrected chi connectivity index (χ2v) is 0. The summed E-state index contributed by atoms with van der Waals surface area (Å²) in [6, 6.07) is 0. The van der Waals surface area contributed by atoms with Crippen LogP contribution >= 0.6 is 0 Å². The summed E-state index contributed by atoms with van der Waals surface area (Å²) in [5, 5.41) is 0. The predicted molar refractivity (Wildman–Crippen MR) is 0 cm³/mol. The van der Waals surface area contributed by atoms with Crippen molar-refractivity contribution in [1.82, 2.24) is 0 Å². The van der Waals surface area contributed by atoms with Gasteiger partial charge < -0.3 is 0 Å². The first kappa shape index (κ1) is 28.7. The van der Waals surface area contributed by atoms with Gasteiger partial charge in [0.1, 0.15) is 0 Å². The van der Waals surface area contributed by atoms with E-state index in [1.165, 1.54) is 0 Å². The van der Waals surface area contributed by atoms with Crippen LogP contribution in [0.1, 0.15) is 0 Å². The summed E-state index contributed by atoms with van der Waals surface area (Å²) in [7, 11) is 0. The largest absolute Gasteiger partial charge is 0 e.